The quantitative estimate of drug-likeness (QED) is 0.210. The lowest BCUT2D eigenvalue weighted by Gasteiger charge is -2.20. The summed E-state index contributed by atoms with van der Waals surface area (Å²) in [5.41, 5.74) is 11.7. The van der Waals surface area contributed by atoms with Crippen molar-refractivity contribution in [1.29, 1.82) is 0 Å². The number of anilines is 2. The Balaban J connectivity index is 1.61. The van der Waals surface area contributed by atoms with E-state index in [2.05, 4.69) is 20.9 Å². The molecule has 1 aromatic heterocycles. The molecule has 0 aliphatic rings. The second-order valence-corrected chi connectivity index (χ2v) is 8.51. The number of carbonyl (C=O) groups excluding carboxylic acids is 2. The number of nitrogens with zero attached hydrogens (tertiary/aromatic N) is 2. The zero-order valence-electron chi connectivity index (χ0n) is 20.0. The van der Waals surface area contributed by atoms with Crippen LogP contribution < -0.4 is 33.1 Å². The molecule has 11 nitrogen and oxygen atoms in total. The van der Waals surface area contributed by atoms with Crippen LogP contribution >= 0.6 is 0 Å². The minimum Gasteiger partial charge on any atom is -0.394 e. The van der Waals surface area contributed by atoms with Crippen molar-refractivity contribution < 1.29 is 14.7 Å². The largest absolute Gasteiger partial charge is 0.394 e. The number of benzene rings is 2. The molecular weight excluding hydrogens is 462 g/mol. The summed E-state index contributed by atoms with van der Waals surface area (Å²) in [5.74, 6) is -0.912. The average Bonchev–Trinajstić information content (AvgIpc) is 2.87. The van der Waals surface area contributed by atoms with Gasteiger partial charge in [-0.1, -0.05) is 12.1 Å². The van der Waals surface area contributed by atoms with E-state index in [9.17, 15) is 19.5 Å². The first kappa shape index (κ1) is 26.7. The van der Waals surface area contributed by atoms with Gasteiger partial charge in [0.25, 0.3) is 5.91 Å². The van der Waals surface area contributed by atoms with E-state index in [4.69, 9.17) is 11.5 Å². The summed E-state index contributed by atoms with van der Waals surface area (Å²) in [6, 6.07) is 15.1. The fraction of sp³-hybridized carbons (Fsp3) is 0.280. The van der Waals surface area contributed by atoms with E-state index in [1.165, 1.54) is 41.8 Å². The molecule has 11 heteroatoms. The van der Waals surface area contributed by atoms with Crippen LogP contribution in [0, 0.1) is 0 Å². The lowest BCUT2D eigenvalue weighted by Crippen LogP contribution is -2.51. The van der Waals surface area contributed by atoms with E-state index in [1.807, 2.05) is 24.3 Å². The Kier molecular flexibility index (Phi) is 9.03. The fourth-order valence-corrected chi connectivity index (χ4v) is 3.14. The summed E-state index contributed by atoms with van der Waals surface area (Å²) in [6.45, 7) is 3.09. The van der Waals surface area contributed by atoms with Crippen molar-refractivity contribution in [1.82, 2.24) is 14.9 Å². The van der Waals surface area contributed by atoms with Gasteiger partial charge >= 0.3 is 5.69 Å². The second-order valence-electron chi connectivity index (χ2n) is 8.51. The normalized spacial score (nSPS) is 12.6. The number of aliphatic hydroxyl groups excluding tert-OH is 1. The molecule has 0 unspecified atom stereocenters. The Labute approximate surface area is 208 Å². The van der Waals surface area contributed by atoms with Crippen LogP contribution in [0.4, 0.5) is 11.5 Å². The number of nitrogens with one attached hydrogen (secondary N) is 3. The maximum absolute atomic E-state index is 12.6. The van der Waals surface area contributed by atoms with Crippen LogP contribution in [0.3, 0.4) is 0 Å². The van der Waals surface area contributed by atoms with E-state index in [1.54, 1.807) is 6.20 Å². The van der Waals surface area contributed by atoms with Gasteiger partial charge in [-0.05, 0) is 74.5 Å². The number of aromatic nitrogens is 2. The lowest BCUT2D eigenvalue weighted by atomic mass is 10.0. The Morgan fingerprint density at radius 3 is 2.36 bits per heavy atom. The molecule has 0 spiro atoms. The van der Waals surface area contributed by atoms with Crippen molar-refractivity contribution in [2.45, 2.75) is 25.4 Å². The van der Waals surface area contributed by atoms with Crippen LogP contribution in [0.5, 0.6) is 0 Å². The zero-order chi connectivity index (χ0) is 26.1. The van der Waals surface area contributed by atoms with Gasteiger partial charge in [-0.3, -0.25) is 14.2 Å². The molecule has 3 aromatic rings. The minimum atomic E-state index is -1.42. The van der Waals surface area contributed by atoms with E-state index in [-0.39, 0.29) is 5.82 Å². The molecule has 0 aliphatic carbocycles. The van der Waals surface area contributed by atoms with Crippen molar-refractivity contribution in [2.24, 2.45) is 11.5 Å². The number of amides is 2. The van der Waals surface area contributed by atoms with Gasteiger partial charge in [0.2, 0.25) is 5.91 Å². The lowest BCUT2D eigenvalue weighted by molar-refractivity contribution is -0.121. The minimum absolute atomic E-state index is 0.112. The van der Waals surface area contributed by atoms with Crippen LogP contribution in [-0.2, 0) is 11.3 Å². The topological polar surface area (TPSA) is 177 Å². The first-order valence-electron chi connectivity index (χ1n) is 11.5. The molecule has 2 amide bonds. The summed E-state index contributed by atoms with van der Waals surface area (Å²) >= 11 is 0. The molecule has 1 heterocycles. The smallest absolute Gasteiger partial charge is 0.354 e. The number of hydrogen-bond acceptors (Lipinski definition) is 8. The maximum atomic E-state index is 12.6. The summed E-state index contributed by atoms with van der Waals surface area (Å²) in [6.07, 6.45) is 2.45. The first-order chi connectivity index (χ1) is 17.2. The zero-order valence-corrected chi connectivity index (χ0v) is 20.0. The second kappa shape index (κ2) is 12.2. The SMILES string of the molecule is C[C@@](N)(CO)C(=O)Nc1ccc(C(=O)Nc2ccn(-c3ccc(CNCCCN)cc3)c(=O)n2)cc1. The number of hydrogen-bond donors (Lipinski definition) is 6. The van der Waals surface area contributed by atoms with Gasteiger partial charge in [-0.2, -0.15) is 4.98 Å². The highest BCUT2D eigenvalue weighted by molar-refractivity contribution is 6.04. The number of nitrogens with two attached hydrogens (primary N) is 2. The van der Waals surface area contributed by atoms with Crippen molar-refractivity contribution in [3.05, 3.63) is 82.4 Å². The van der Waals surface area contributed by atoms with E-state index >= 15 is 0 Å². The predicted molar refractivity (Wildman–Crippen MR) is 138 cm³/mol. The molecule has 0 fully saturated rings. The molecule has 0 aliphatic heterocycles. The molecule has 0 radical (unpaired) electrons. The Hall–Kier alpha value is -3.90. The molecular formula is C25H31N7O4. The third kappa shape index (κ3) is 7.06. The van der Waals surface area contributed by atoms with Crippen LogP contribution in [-0.4, -0.2) is 51.7 Å². The van der Waals surface area contributed by atoms with Gasteiger partial charge < -0.3 is 32.5 Å². The highest BCUT2D eigenvalue weighted by atomic mass is 16.3. The number of aliphatic hydroxyl groups is 1. The van der Waals surface area contributed by atoms with Gasteiger partial charge in [-0.15, -0.1) is 0 Å². The molecule has 2 aromatic carbocycles. The van der Waals surface area contributed by atoms with Gasteiger partial charge in [0.05, 0.1) is 12.3 Å². The maximum Gasteiger partial charge on any atom is 0.354 e. The predicted octanol–water partition coefficient (Wildman–Crippen LogP) is 0.571. The Morgan fingerprint density at radius 1 is 1.06 bits per heavy atom. The number of carbonyl (C=O) groups is 2. The van der Waals surface area contributed by atoms with Gasteiger partial charge in [0, 0.05) is 24.0 Å². The molecule has 0 saturated heterocycles. The molecule has 190 valence electrons. The standard InChI is InChI=1S/C25H31N7O4/c1-25(27,16-33)23(35)29-19-7-5-18(6-8-19)22(34)30-21-11-14-32(24(36)31-21)20-9-3-17(4-10-20)15-28-13-2-12-26/h3-11,14,28,33H,2,12-13,15-16,26-27H2,1H3,(H,29,35)(H,30,31,34,36)/t25-/m1/s1. The van der Waals surface area contributed by atoms with Crippen molar-refractivity contribution in [2.75, 3.05) is 30.3 Å². The third-order valence-electron chi connectivity index (χ3n) is 5.40. The van der Waals surface area contributed by atoms with Gasteiger partial charge in [-0.25, -0.2) is 4.79 Å². The molecule has 36 heavy (non-hydrogen) atoms. The molecule has 1 atom stereocenters. The number of rotatable bonds is 11. The third-order valence-corrected chi connectivity index (χ3v) is 5.40. The molecule has 0 saturated carbocycles. The van der Waals surface area contributed by atoms with E-state index in [0.717, 1.165) is 18.5 Å². The van der Waals surface area contributed by atoms with Crippen LogP contribution in [0.25, 0.3) is 5.69 Å². The fourth-order valence-electron chi connectivity index (χ4n) is 3.14. The van der Waals surface area contributed by atoms with Crippen LogP contribution in [0.2, 0.25) is 0 Å². The Bertz CT molecular complexity index is 1240. The average molecular weight is 494 g/mol. The first-order valence-corrected chi connectivity index (χ1v) is 11.5. The highest BCUT2D eigenvalue weighted by Crippen LogP contribution is 2.14. The van der Waals surface area contributed by atoms with Crippen molar-refractivity contribution in [3.8, 4) is 5.69 Å². The van der Waals surface area contributed by atoms with Crippen molar-refractivity contribution >= 4 is 23.3 Å². The molecule has 8 N–H and O–H groups in total. The molecule has 0 bridgehead atoms. The van der Waals surface area contributed by atoms with Gasteiger partial charge in [0.15, 0.2) is 0 Å². The summed E-state index contributed by atoms with van der Waals surface area (Å²) in [4.78, 5) is 41.1. The molecule has 3 rings (SSSR count). The van der Waals surface area contributed by atoms with Crippen LogP contribution in [0.1, 0.15) is 29.3 Å². The highest BCUT2D eigenvalue weighted by Gasteiger charge is 2.27. The van der Waals surface area contributed by atoms with E-state index in [0.29, 0.717) is 30.0 Å². The monoisotopic (exact) mass is 493 g/mol. The summed E-state index contributed by atoms with van der Waals surface area (Å²) < 4.78 is 1.39. The van der Waals surface area contributed by atoms with Crippen LogP contribution in [0.15, 0.2) is 65.6 Å². The summed E-state index contributed by atoms with van der Waals surface area (Å²) in [5, 5.41) is 17.6. The van der Waals surface area contributed by atoms with E-state index < -0.39 is 29.6 Å². The summed E-state index contributed by atoms with van der Waals surface area (Å²) in [7, 11) is 0. The van der Waals surface area contributed by atoms with Crippen molar-refractivity contribution in [3.63, 3.8) is 0 Å². The van der Waals surface area contributed by atoms with Gasteiger partial charge in [0.1, 0.15) is 11.4 Å². The Morgan fingerprint density at radius 2 is 1.75 bits per heavy atom.